The summed E-state index contributed by atoms with van der Waals surface area (Å²) < 4.78 is 5.41. The lowest BCUT2D eigenvalue weighted by Crippen LogP contribution is -2.08. The van der Waals surface area contributed by atoms with Crippen LogP contribution in [0.5, 0.6) is 0 Å². The molecule has 0 atom stereocenters. The first-order chi connectivity index (χ1) is 9.06. The zero-order chi connectivity index (χ0) is 14.0. The summed E-state index contributed by atoms with van der Waals surface area (Å²) in [5.41, 5.74) is 3.59. The second kappa shape index (κ2) is 6.07. The van der Waals surface area contributed by atoms with Crippen LogP contribution in [0.25, 0.3) is 0 Å². The molecule has 0 aliphatic rings. The van der Waals surface area contributed by atoms with Gasteiger partial charge in [0.05, 0.1) is 27.2 Å². The van der Waals surface area contributed by atoms with Crippen molar-refractivity contribution in [2.75, 3.05) is 0 Å². The van der Waals surface area contributed by atoms with E-state index in [1.165, 1.54) is 15.0 Å². The van der Waals surface area contributed by atoms with Crippen LogP contribution in [0, 0.1) is 3.57 Å². The van der Waals surface area contributed by atoms with E-state index in [9.17, 15) is 0 Å². The molecule has 5 heteroatoms. The maximum Gasteiger partial charge on any atom is 0.0853 e. The zero-order valence-electron chi connectivity index (χ0n) is 12.0. The van der Waals surface area contributed by atoms with E-state index in [0.717, 1.165) is 25.1 Å². The number of halogens is 1. The minimum Gasteiger partial charge on any atom is -0.270 e. The summed E-state index contributed by atoms with van der Waals surface area (Å²) in [7, 11) is 0. The smallest absolute Gasteiger partial charge is 0.0853 e. The van der Waals surface area contributed by atoms with Crippen molar-refractivity contribution in [3.63, 3.8) is 0 Å². The minimum absolute atomic E-state index is 0.406. The molecule has 2 aromatic heterocycles. The van der Waals surface area contributed by atoms with E-state index < -0.39 is 0 Å². The second-order valence-corrected chi connectivity index (χ2v) is 6.03. The first kappa shape index (κ1) is 14.6. The van der Waals surface area contributed by atoms with Gasteiger partial charge in [-0.1, -0.05) is 13.8 Å². The second-order valence-electron chi connectivity index (χ2n) is 4.95. The van der Waals surface area contributed by atoms with Gasteiger partial charge in [-0.25, -0.2) is 0 Å². The summed E-state index contributed by atoms with van der Waals surface area (Å²) >= 11 is 2.41. The van der Waals surface area contributed by atoms with E-state index >= 15 is 0 Å². The Morgan fingerprint density at radius 2 is 1.95 bits per heavy atom. The molecule has 0 N–H and O–H groups in total. The minimum atomic E-state index is 0.406. The van der Waals surface area contributed by atoms with Crippen LogP contribution in [-0.2, 0) is 19.4 Å². The molecule has 0 radical (unpaired) electrons. The van der Waals surface area contributed by atoms with Crippen LogP contribution < -0.4 is 0 Å². The molecule has 0 saturated carbocycles. The molecule has 0 unspecified atom stereocenters. The number of rotatable bonds is 5. The molecule has 0 fully saturated rings. The van der Waals surface area contributed by atoms with E-state index in [2.05, 4.69) is 66.1 Å². The molecule has 2 aromatic rings. The summed E-state index contributed by atoms with van der Waals surface area (Å²) in [6.07, 6.45) is 4.04. The van der Waals surface area contributed by atoms with Crippen molar-refractivity contribution in [2.45, 2.75) is 53.1 Å². The monoisotopic (exact) mass is 372 g/mol. The van der Waals surface area contributed by atoms with E-state index in [1.54, 1.807) is 0 Å². The Hall–Kier alpha value is -0.850. The fraction of sp³-hybridized carbons (Fsp3) is 0.571. The van der Waals surface area contributed by atoms with Crippen LogP contribution >= 0.6 is 22.6 Å². The summed E-state index contributed by atoms with van der Waals surface area (Å²) in [4.78, 5) is 0. The van der Waals surface area contributed by atoms with Crippen molar-refractivity contribution in [3.8, 4) is 0 Å². The molecule has 4 nitrogen and oxygen atoms in total. The highest BCUT2D eigenvalue weighted by Gasteiger charge is 2.14. The molecule has 0 aromatic carbocycles. The first-order valence-corrected chi connectivity index (χ1v) is 7.92. The Bertz CT molecular complexity index is 554. The molecule has 0 aliphatic carbocycles. The molecule has 0 aliphatic heterocycles. The van der Waals surface area contributed by atoms with Gasteiger partial charge in [-0.2, -0.15) is 10.2 Å². The molecule has 0 amide bonds. The average Bonchev–Trinajstić information content (AvgIpc) is 2.95. The largest absolute Gasteiger partial charge is 0.270 e. The fourth-order valence-corrected chi connectivity index (χ4v) is 3.28. The van der Waals surface area contributed by atoms with E-state index in [0.29, 0.717) is 6.04 Å². The molecule has 0 spiro atoms. The van der Waals surface area contributed by atoms with Crippen molar-refractivity contribution in [1.82, 2.24) is 19.6 Å². The van der Waals surface area contributed by atoms with E-state index in [1.807, 2.05) is 10.9 Å². The van der Waals surface area contributed by atoms with Crippen LogP contribution in [0.4, 0.5) is 0 Å². The van der Waals surface area contributed by atoms with E-state index in [4.69, 9.17) is 5.10 Å². The lowest BCUT2D eigenvalue weighted by atomic mass is 10.2. The van der Waals surface area contributed by atoms with Gasteiger partial charge in [0.15, 0.2) is 0 Å². The van der Waals surface area contributed by atoms with Crippen LogP contribution in [0.1, 0.15) is 50.8 Å². The van der Waals surface area contributed by atoms with Crippen molar-refractivity contribution < 1.29 is 0 Å². The highest BCUT2D eigenvalue weighted by atomic mass is 127. The third kappa shape index (κ3) is 3.01. The lowest BCUT2D eigenvalue weighted by molar-refractivity contribution is 0.518. The zero-order valence-corrected chi connectivity index (χ0v) is 14.2. The first-order valence-electron chi connectivity index (χ1n) is 6.84. The average molecular weight is 372 g/mol. The van der Waals surface area contributed by atoms with Crippen LogP contribution in [0.15, 0.2) is 12.3 Å². The Balaban J connectivity index is 2.27. The van der Waals surface area contributed by atoms with Gasteiger partial charge in [0.2, 0.25) is 0 Å². The third-order valence-electron chi connectivity index (χ3n) is 3.23. The molecule has 0 saturated heterocycles. The standard InChI is InChI=1S/C14H21IN4/c1-5-12-14(15)13(6-2)19(17-12)9-11-7-8-18(16-11)10(3)4/h7-8,10H,5-6,9H2,1-4H3. The van der Waals surface area contributed by atoms with Gasteiger partial charge in [-0.3, -0.25) is 9.36 Å². The van der Waals surface area contributed by atoms with E-state index in [-0.39, 0.29) is 0 Å². The van der Waals surface area contributed by atoms with Crippen molar-refractivity contribution in [3.05, 3.63) is 32.9 Å². The Morgan fingerprint density at radius 3 is 2.47 bits per heavy atom. The van der Waals surface area contributed by atoms with Gasteiger partial charge in [0, 0.05) is 12.2 Å². The molecule has 2 rings (SSSR count). The summed E-state index contributed by atoms with van der Waals surface area (Å²) in [6.45, 7) is 9.38. The summed E-state index contributed by atoms with van der Waals surface area (Å²) in [5, 5.41) is 9.31. The van der Waals surface area contributed by atoms with Gasteiger partial charge >= 0.3 is 0 Å². The maximum atomic E-state index is 4.71. The van der Waals surface area contributed by atoms with Crippen molar-refractivity contribution in [1.29, 1.82) is 0 Å². The summed E-state index contributed by atoms with van der Waals surface area (Å²) in [5.74, 6) is 0. The van der Waals surface area contributed by atoms with Gasteiger partial charge in [0.1, 0.15) is 0 Å². The van der Waals surface area contributed by atoms with Crippen LogP contribution in [0.3, 0.4) is 0 Å². The number of nitrogens with zero attached hydrogens (tertiary/aromatic N) is 4. The number of hydrogen-bond acceptors (Lipinski definition) is 2. The number of hydrogen-bond donors (Lipinski definition) is 0. The van der Waals surface area contributed by atoms with Gasteiger partial charge < -0.3 is 0 Å². The molecule has 104 valence electrons. The lowest BCUT2D eigenvalue weighted by Gasteiger charge is -2.05. The molecule has 19 heavy (non-hydrogen) atoms. The Kier molecular flexibility index (Phi) is 4.65. The molecule has 2 heterocycles. The number of aryl methyl sites for hydroxylation is 1. The molecular weight excluding hydrogens is 351 g/mol. The highest BCUT2D eigenvalue weighted by Crippen LogP contribution is 2.19. The maximum absolute atomic E-state index is 4.71. The topological polar surface area (TPSA) is 35.6 Å². The Morgan fingerprint density at radius 1 is 1.21 bits per heavy atom. The van der Waals surface area contributed by atoms with Crippen molar-refractivity contribution in [2.24, 2.45) is 0 Å². The fourth-order valence-electron chi connectivity index (χ4n) is 2.13. The summed E-state index contributed by atoms with van der Waals surface area (Å²) in [6, 6.07) is 2.49. The predicted octanol–water partition coefficient (Wildman–Crippen LogP) is 3.44. The van der Waals surface area contributed by atoms with Gasteiger partial charge in [-0.15, -0.1) is 0 Å². The Labute approximate surface area is 128 Å². The van der Waals surface area contributed by atoms with Crippen LogP contribution in [-0.4, -0.2) is 19.6 Å². The van der Waals surface area contributed by atoms with Gasteiger partial charge in [0.25, 0.3) is 0 Å². The third-order valence-corrected chi connectivity index (χ3v) is 4.48. The molecular formula is C14H21IN4. The highest BCUT2D eigenvalue weighted by molar-refractivity contribution is 14.1. The predicted molar refractivity (Wildman–Crippen MR) is 85.4 cm³/mol. The quantitative estimate of drug-likeness (QED) is 0.754. The number of aromatic nitrogens is 4. The van der Waals surface area contributed by atoms with Crippen molar-refractivity contribution >= 4 is 22.6 Å². The normalized spacial score (nSPS) is 11.5. The molecule has 0 bridgehead atoms. The van der Waals surface area contributed by atoms with Crippen LogP contribution in [0.2, 0.25) is 0 Å². The SMILES string of the molecule is CCc1nn(Cc2ccn(C(C)C)n2)c(CC)c1I. The van der Waals surface area contributed by atoms with Gasteiger partial charge in [-0.05, 0) is 55.3 Å².